The van der Waals surface area contributed by atoms with E-state index in [1.807, 2.05) is 0 Å². The predicted octanol–water partition coefficient (Wildman–Crippen LogP) is 3.86. The van der Waals surface area contributed by atoms with Gasteiger partial charge >= 0.3 is 5.97 Å². The van der Waals surface area contributed by atoms with Gasteiger partial charge in [-0.3, -0.25) is 0 Å². The minimum Gasteiger partial charge on any atom is -0.461 e. The van der Waals surface area contributed by atoms with Crippen molar-refractivity contribution in [2.75, 3.05) is 11.9 Å². The second-order valence-corrected chi connectivity index (χ2v) is 4.73. The van der Waals surface area contributed by atoms with E-state index in [0.717, 1.165) is 0 Å². The molecule has 0 saturated heterocycles. The first-order valence-electron chi connectivity index (χ1n) is 5.45. The van der Waals surface area contributed by atoms with E-state index in [-0.39, 0.29) is 23.0 Å². The fraction of sp³-hybridized carbons (Fsp3) is 0.167. The van der Waals surface area contributed by atoms with E-state index in [9.17, 15) is 9.18 Å². The molecule has 0 bridgehead atoms. The molecule has 0 aliphatic carbocycles. The first-order chi connectivity index (χ1) is 9.13. The van der Waals surface area contributed by atoms with Gasteiger partial charge < -0.3 is 10.1 Å². The number of hydrogen-bond donors (Lipinski definition) is 1. The van der Waals surface area contributed by atoms with Gasteiger partial charge in [0.05, 0.1) is 22.8 Å². The number of anilines is 2. The Balaban J connectivity index is 2.30. The molecule has 0 unspecified atom stereocenters. The van der Waals surface area contributed by atoms with Gasteiger partial charge in [0.1, 0.15) is 10.8 Å². The maximum Gasteiger partial charge on any atom is 0.360 e. The van der Waals surface area contributed by atoms with Gasteiger partial charge in [0.25, 0.3) is 0 Å². The van der Waals surface area contributed by atoms with Gasteiger partial charge in [0.15, 0.2) is 5.69 Å². The lowest BCUT2D eigenvalue weighted by Crippen LogP contribution is -2.07. The molecule has 1 heterocycles. The third-order valence-electron chi connectivity index (χ3n) is 2.24. The molecule has 19 heavy (non-hydrogen) atoms. The number of benzene rings is 1. The van der Waals surface area contributed by atoms with Crippen molar-refractivity contribution in [2.45, 2.75) is 6.92 Å². The van der Waals surface area contributed by atoms with Gasteiger partial charge in [0, 0.05) is 0 Å². The molecule has 0 saturated carbocycles. The minimum atomic E-state index is -0.557. The number of ether oxygens (including phenoxy) is 1. The first-order valence-corrected chi connectivity index (χ1v) is 6.71. The molecule has 2 rings (SSSR count). The number of aromatic nitrogens is 1. The highest BCUT2D eigenvalue weighted by atomic mass is 35.5. The molecule has 1 aromatic carbocycles. The molecular formula is C12H10ClFN2O2S. The third-order valence-corrected chi connectivity index (χ3v) is 3.29. The highest BCUT2D eigenvalue weighted by Crippen LogP contribution is 2.31. The van der Waals surface area contributed by atoms with Crippen LogP contribution >= 0.6 is 22.9 Å². The molecule has 1 aromatic heterocycles. The summed E-state index contributed by atoms with van der Waals surface area (Å²) in [5.74, 6) is -1.06. The summed E-state index contributed by atoms with van der Waals surface area (Å²) < 4.78 is 18.5. The van der Waals surface area contributed by atoms with Gasteiger partial charge in [-0.1, -0.05) is 17.7 Å². The molecule has 0 spiro atoms. The highest BCUT2D eigenvalue weighted by Gasteiger charge is 2.18. The number of thiazole rings is 1. The molecule has 1 N–H and O–H groups in total. The van der Waals surface area contributed by atoms with Crippen LogP contribution < -0.4 is 5.32 Å². The summed E-state index contributed by atoms with van der Waals surface area (Å²) in [4.78, 5) is 15.5. The van der Waals surface area contributed by atoms with Gasteiger partial charge in [-0.05, 0) is 19.1 Å². The number of nitrogens with zero attached hydrogens (tertiary/aromatic N) is 1. The van der Waals surface area contributed by atoms with Crippen molar-refractivity contribution in [2.24, 2.45) is 0 Å². The monoisotopic (exact) mass is 300 g/mol. The van der Waals surface area contributed by atoms with Gasteiger partial charge in [-0.25, -0.2) is 14.2 Å². The van der Waals surface area contributed by atoms with Crippen LogP contribution in [0.15, 0.2) is 23.7 Å². The largest absolute Gasteiger partial charge is 0.461 e. The number of halogens is 2. The Labute approximate surface area is 118 Å². The number of hydrogen-bond acceptors (Lipinski definition) is 5. The summed E-state index contributed by atoms with van der Waals surface area (Å²) in [6.45, 7) is 1.95. The molecule has 0 amide bonds. The van der Waals surface area contributed by atoms with Crippen molar-refractivity contribution in [3.8, 4) is 0 Å². The molecule has 0 aliphatic rings. The molecule has 2 aromatic rings. The highest BCUT2D eigenvalue weighted by molar-refractivity contribution is 7.14. The molecule has 0 atom stereocenters. The molecule has 0 fully saturated rings. The van der Waals surface area contributed by atoms with Crippen molar-refractivity contribution in [1.82, 2.24) is 4.98 Å². The third kappa shape index (κ3) is 3.02. The van der Waals surface area contributed by atoms with Crippen LogP contribution in [-0.2, 0) is 4.74 Å². The number of carbonyl (C=O) groups is 1. The summed E-state index contributed by atoms with van der Waals surface area (Å²) >= 11 is 7.07. The average Bonchev–Trinajstić information content (AvgIpc) is 2.82. The van der Waals surface area contributed by atoms with E-state index in [0.29, 0.717) is 5.00 Å². The van der Waals surface area contributed by atoms with E-state index in [4.69, 9.17) is 16.3 Å². The van der Waals surface area contributed by atoms with Crippen molar-refractivity contribution < 1.29 is 13.9 Å². The summed E-state index contributed by atoms with van der Waals surface area (Å²) in [5.41, 5.74) is 1.70. The van der Waals surface area contributed by atoms with Crippen LogP contribution in [0.2, 0.25) is 5.02 Å². The molecule has 100 valence electrons. The standard InChI is InChI=1S/C12H10ClFN2O2S/c1-2-18-12(17)10-11(19-6-15-10)16-9-7(13)4-3-5-8(9)14/h3-6,16H,2H2,1H3. The predicted molar refractivity (Wildman–Crippen MR) is 72.8 cm³/mol. The molecule has 0 radical (unpaired) electrons. The Bertz CT molecular complexity index is 583. The lowest BCUT2D eigenvalue weighted by atomic mass is 10.3. The Morgan fingerprint density at radius 3 is 3.05 bits per heavy atom. The topological polar surface area (TPSA) is 51.2 Å². The lowest BCUT2D eigenvalue weighted by molar-refractivity contribution is 0.0521. The second-order valence-electron chi connectivity index (χ2n) is 3.47. The SMILES string of the molecule is CCOC(=O)c1ncsc1Nc1c(F)cccc1Cl. The minimum absolute atomic E-state index is 0.110. The van der Waals surface area contributed by atoms with E-state index >= 15 is 0 Å². The number of nitrogens with one attached hydrogen (secondary N) is 1. The number of esters is 1. The molecule has 7 heteroatoms. The van der Waals surface area contributed by atoms with E-state index < -0.39 is 11.8 Å². The van der Waals surface area contributed by atoms with Crippen LogP contribution in [0.1, 0.15) is 17.4 Å². The maximum atomic E-state index is 13.6. The molecule has 4 nitrogen and oxygen atoms in total. The summed E-state index contributed by atoms with van der Waals surface area (Å²) in [6.07, 6.45) is 0. The Morgan fingerprint density at radius 1 is 1.58 bits per heavy atom. The summed E-state index contributed by atoms with van der Waals surface area (Å²) in [5, 5.41) is 3.40. The van der Waals surface area contributed by atoms with Crippen LogP contribution in [0.5, 0.6) is 0 Å². The fourth-order valence-electron chi connectivity index (χ4n) is 1.41. The Morgan fingerprint density at radius 2 is 2.37 bits per heavy atom. The smallest absolute Gasteiger partial charge is 0.360 e. The van der Waals surface area contributed by atoms with Gasteiger partial charge in [-0.2, -0.15) is 0 Å². The van der Waals surface area contributed by atoms with Crippen LogP contribution in [-0.4, -0.2) is 17.6 Å². The van der Waals surface area contributed by atoms with Crippen LogP contribution in [0, 0.1) is 5.82 Å². The Hall–Kier alpha value is -1.66. The van der Waals surface area contributed by atoms with Crippen LogP contribution in [0.4, 0.5) is 15.1 Å². The second kappa shape index (κ2) is 5.99. The zero-order chi connectivity index (χ0) is 13.8. The molecule has 0 aliphatic heterocycles. The van der Waals surface area contributed by atoms with Crippen molar-refractivity contribution >= 4 is 39.6 Å². The maximum absolute atomic E-state index is 13.6. The molecular weight excluding hydrogens is 291 g/mol. The lowest BCUT2D eigenvalue weighted by Gasteiger charge is -2.08. The van der Waals surface area contributed by atoms with Crippen molar-refractivity contribution in [1.29, 1.82) is 0 Å². The van der Waals surface area contributed by atoms with Gasteiger partial charge in [0.2, 0.25) is 0 Å². The zero-order valence-corrected chi connectivity index (χ0v) is 11.5. The normalized spacial score (nSPS) is 10.3. The van der Waals surface area contributed by atoms with Gasteiger partial charge in [-0.15, -0.1) is 11.3 Å². The Kier molecular flexibility index (Phi) is 4.34. The van der Waals surface area contributed by atoms with E-state index in [2.05, 4.69) is 10.3 Å². The van der Waals surface area contributed by atoms with Crippen molar-refractivity contribution in [3.63, 3.8) is 0 Å². The number of para-hydroxylation sites is 1. The number of carbonyl (C=O) groups excluding carboxylic acids is 1. The number of rotatable bonds is 4. The van der Waals surface area contributed by atoms with E-state index in [1.165, 1.54) is 29.0 Å². The van der Waals surface area contributed by atoms with E-state index in [1.54, 1.807) is 13.0 Å². The quantitative estimate of drug-likeness (QED) is 0.871. The van der Waals surface area contributed by atoms with Crippen LogP contribution in [0.25, 0.3) is 0 Å². The zero-order valence-electron chi connectivity index (χ0n) is 9.94. The summed E-state index contributed by atoms with van der Waals surface area (Å²) in [7, 11) is 0. The summed E-state index contributed by atoms with van der Waals surface area (Å²) in [6, 6.07) is 4.33. The fourth-order valence-corrected chi connectivity index (χ4v) is 2.29. The average molecular weight is 301 g/mol. The van der Waals surface area contributed by atoms with Crippen LogP contribution in [0.3, 0.4) is 0 Å². The first kappa shape index (κ1) is 13.8. The van der Waals surface area contributed by atoms with Crippen molar-refractivity contribution in [3.05, 3.63) is 40.2 Å².